The second-order valence-corrected chi connectivity index (χ2v) is 8.94. The lowest BCUT2D eigenvalue weighted by molar-refractivity contribution is 0.184. The molecule has 2 aromatic rings. The van der Waals surface area contributed by atoms with E-state index in [4.69, 9.17) is 0 Å². The van der Waals surface area contributed by atoms with Gasteiger partial charge in [-0.2, -0.15) is 0 Å². The first-order valence-corrected chi connectivity index (χ1v) is 10.6. The summed E-state index contributed by atoms with van der Waals surface area (Å²) in [6, 6.07) is 10.0. The zero-order chi connectivity index (χ0) is 17.6. The Morgan fingerprint density at radius 2 is 2.08 bits per heavy atom. The van der Waals surface area contributed by atoms with Crippen molar-refractivity contribution in [2.75, 3.05) is 32.1 Å². The average Bonchev–Trinajstić information content (AvgIpc) is 2.97. The fourth-order valence-corrected chi connectivity index (χ4v) is 3.94. The van der Waals surface area contributed by atoms with Crippen molar-refractivity contribution < 1.29 is 13.5 Å². The third kappa shape index (κ3) is 5.77. The molecule has 6 nitrogen and oxygen atoms in total. The Balaban J connectivity index is 1.81. The van der Waals surface area contributed by atoms with Gasteiger partial charge in [0.1, 0.15) is 15.9 Å². The molecule has 1 atom stereocenters. The van der Waals surface area contributed by atoms with E-state index in [1.807, 2.05) is 30.3 Å². The number of nitrogens with zero attached hydrogens (tertiary/aromatic N) is 1. The summed E-state index contributed by atoms with van der Waals surface area (Å²) in [5.41, 5.74) is 0. The zero-order valence-corrected chi connectivity index (χ0v) is 15.5. The van der Waals surface area contributed by atoms with E-state index >= 15 is 0 Å². The van der Waals surface area contributed by atoms with E-state index in [-0.39, 0.29) is 5.75 Å². The van der Waals surface area contributed by atoms with Crippen LogP contribution in [0.5, 0.6) is 0 Å². The van der Waals surface area contributed by atoms with Gasteiger partial charge in [0, 0.05) is 36.0 Å². The Hall–Kier alpha value is -1.64. The van der Waals surface area contributed by atoms with Gasteiger partial charge in [-0.05, 0) is 23.9 Å². The summed E-state index contributed by atoms with van der Waals surface area (Å²) in [6.45, 7) is 0.838. The van der Waals surface area contributed by atoms with Crippen molar-refractivity contribution in [2.45, 2.75) is 12.5 Å². The molecule has 0 spiro atoms. The first-order chi connectivity index (χ1) is 11.4. The molecule has 0 saturated heterocycles. The smallest absolute Gasteiger partial charge is 0.191 e. The van der Waals surface area contributed by atoms with Crippen LogP contribution in [0.2, 0.25) is 0 Å². The van der Waals surface area contributed by atoms with Crippen LogP contribution in [0, 0.1) is 0 Å². The molecule has 3 N–H and O–H groups in total. The molecule has 1 aromatic heterocycles. The summed E-state index contributed by atoms with van der Waals surface area (Å²) >= 11 is 1.57. The first kappa shape index (κ1) is 18.7. The highest BCUT2D eigenvalue weighted by atomic mass is 32.2. The van der Waals surface area contributed by atoms with Crippen molar-refractivity contribution in [3.63, 3.8) is 0 Å². The Morgan fingerprint density at radius 3 is 2.75 bits per heavy atom. The van der Waals surface area contributed by atoms with Crippen LogP contribution < -0.4 is 10.6 Å². The molecule has 1 aromatic carbocycles. The normalized spacial score (nSPS) is 13.9. The highest BCUT2D eigenvalue weighted by Gasteiger charge is 2.12. The summed E-state index contributed by atoms with van der Waals surface area (Å²) < 4.78 is 23.3. The Kier molecular flexibility index (Phi) is 6.59. The number of fused-ring (bicyclic) bond motifs is 1. The van der Waals surface area contributed by atoms with Crippen LogP contribution in [0.15, 0.2) is 35.3 Å². The molecule has 2 rings (SSSR count). The van der Waals surface area contributed by atoms with Gasteiger partial charge < -0.3 is 15.7 Å². The fourth-order valence-electron chi connectivity index (χ4n) is 2.22. The van der Waals surface area contributed by atoms with Crippen LogP contribution in [0.3, 0.4) is 0 Å². The summed E-state index contributed by atoms with van der Waals surface area (Å²) in [6.07, 6.45) is 1.11. The van der Waals surface area contributed by atoms with Gasteiger partial charge in [0.15, 0.2) is 5.96 Å². The maximum atomic E-state index is 11.1. The zero-order valence-electron chi connectivity index (χ0n) is 13.8. The van der Waals surface area contributed by atoms with Crippen LogP contribution in [-0.2, 0) is 9.84 Å². The molecule has 132 valence electrons. The molecule has 24 heavy (non-hydrogen) atoms. The van der Waals surface area contributed by atoms with E-state index in [0.29, 0.717) is 25.5 Å². The van der Waals surface area contributed by atoms with Crippen LogP contribution in [0.1, 0.15) is 17.4 Å². The number of sulfone groups is 1. The monoisotopic (exact) mass is 369 g/mol. The van der Waals surface area contributed by atoms with Gasteiger partial charge in [-0.3, -0.25) is 4.99 Å². The number of nitrogens with one attached hydrogen (secondary N) is 2. The van der Waals surface area contributed by atoms with Gasteiger partial charge in [-0.15, -0.1) is 11.3 Å². The maximum Gasteiger partial charge on any atom is 0.191 e. The maximum absolute atomic E-state index is 11.1. The second kappa shape index (κ2) is 8.46. The van der Waals surface area contributed by atoms with Crippen LogP contribution in [0.25, 0.3) is 10.1 Å². The minimum absolute atomic E-state index is 0.140. The summed E-state index contributed by atoms with van der Waals surface area (Å²) in [4.78, 5) is 4.97. The third-order valence-corrected chi connectivity index (χ3v) is 5.69. The van der Waals surface area contributed by atoms with E-state index in [1.54, 1.807) is 18.4 Å². The van der Waals surface area contributed by atoms with Crippen LogP contribution >= 0.6 is 11.3 Å². The fraction of sp³-hybridized carbons (Fsp3) is 0.438. The number of hydrogen-bond donors (Lipinski definition) is 3. The molecule has 1 heterocycles. The highest BCUT2D eigenvalue weighted by molar-refractivity contribution is 7.90. The molecule has 0 saturated carbocycles. The van der Waals surface area contributed by atoms with Crippen molar-refractivity contribution in [1.29, 1.82) is 0 Å². The number of rotatable bonds is 7. The first-order valence-electron chi connectivity index (χ1n) is 7.68. The van der Waals surface area contributed by atoms with E-state index < -0.39 is 15.9 Å². The summed E-state index contributed by atoms with van der Waals surface area (Å²) in [5.74, 6) is 0.685. The van der Waals surface area contributed by atoms with Gasteiger partial charge in [-0.1, -0.05) is 18.2 Å². The van der Waals surface area contributed by atoms with Gasteiger partial charge in [0.25, 0.3) is 0 Å². The average molecular weight is 370 g/mol. The van der Waals surface area contributed by atoms with E-state index in [0.717, 1.165) is 15.0 Å². The van der Waals surface area contributed by atoms with Crippen molar-refractivity contribution >= 4 is 37.2 Å². The molecule has 0 aliphatic rings. The minimum atomic E-state index is -2.94. The predicted molar refractivity (Wildman–Crippen MR) is 100 cm³/mol. The third-order valence-electron chi connectivity index (χ3n) is 3.44. The molecular weight excluding hydrogens is 346 g/mol. The molecule has 0 bridgehead atoms. The number of aliphatic hydroxyl groups excluding tert-OH is 1. The molecule has 0 amide bonds. The van der Waals surface area contributed by atoms with Gasteiger partial charge >= 0.3 is 0 Å². The lowest BCUT2D eigenvalue weighted by Crippen LogP contribution is -2.40. The van der Waals surface area contributed by atoms with Crippen LogP contribution in [-0.4, -0.2) is 51.6 Å². The molecule has 8 heteroatoms. The number of aliphatic hydroxyl groups is 1. The number of thiophene rings is 1. The van der Waals surface area contributed by atoms with Crippen molar-refractivity contribution in [1.82, 2.24) is 10.6 Å². The summed E-state index contributed by atoms with van der Waals surface area (Å²) in [5, 5.41) is 17.6. The molecule has 0 radical (unpaired) electrons. The SMILES string of the molecule is CN=C(NCCCS(C)(=O)=O)NCC(O)c1cc2ccccc2s1. The highest BCUT2D eigenvalue weighted by Crippen LogP contribution is 2.29. The molecule has 0 fully saturated rings. The Bertz CT molecular complexity index is 767. The van der Waals surface area contributed by atoms with Crippen molar-refractivity contribution in [3.05, 3.63) is 35.2 Å². The number of hydrogen-bond acceptors (Lipinski definition) is 5. The number of aliphatic imine (C=N–C) groups is 1. The topological polar surface area (TPSA) is 90.8 Å². The van der Waals surface area contributed by atoms with Crippen molar-refractivity contribution in [2.24, 2.45) is 4.99 Å². The number of guanidine groups is 1. The van der Waals surface area contributed by atoms with Gasteiger partial charge in [0.05, 0.1) is 5.75 Å². The van der Waals surface area contributed by atoms with Gasteiger partial charge in [0.2, 0.25) is 0 Å². The molecule has 0 aliphatic heterocycles. The van der Waals surface area contributed by atoms with E-state index in [2.05, 4.69) is 15.6 Å². The molecule has 0 aliphatic carbocycles. The predicted octanol–water partition coefficient (Wildman–Crippen LogP) is 1.53. The quantitative estimate of drug-likeness (QED) is 0.391. The standard InChI is InChI=1S/C16H23N3O3S2/c1-17-16(18-8-5-9-24(2,21)22)19-11-13(20)15-10-12-6-3-4-7-14(12)23-15/h3-4,6-7,10,13,20H,5,8-9,11H2,1-2H3,(H2,17,18,19). The molecular formula is C16H23N3O3S2. The van der Waals surface area contributed by atoms with Crippen LogP contribution in [0.4, 0.5) is 0 Å². The second-order valence-electron chi connectivity index (χ2n) is 5.57. The van der Waals surface area contributed by atoms with E-state index in [1.165, 1.54) is 6.26 Å². The van der Waals surface area contributed by atoms with E-state index in [9.17, 15) is 13.5 Å². The van der Waals surface area contributed by atoms with Gasteiger partial charge in [-0.25, -0.2) is 8.42 Å². The Labute approximate surface area is 146 Å². The lowest BCUT2D eigenvalue weighted by Gasteiger charge is -2.14. The lowest BCUT2D eigenvalue weighted by atomic mass is 10.2. The molecule has 1 unspecified atom stereocenters. The number of benzene rings is 1. The van der Waals surface area contributed by atoms with Crippen molar-refractivity contribution in [3.8, 4) is 0 Å². The Morgan fingerprint density at radius 1 is 1.33 bits per heavy atom. The summed E-state index contributed by atoms with van der Waals surface area (Å²) in [7, 11) is -1.31. The minimum Gasteiger partial charge on any atom is -0.386 e. The largest absolute Gasteiger partial charge is 0.386 e.